The van der Waals surface area contributed by atoms with Crippen LogP contribution in [0.25, 0.3) is 0 Å². The van der Waals surface area contributed by atoms with Crippen molar-refractivity contribution in [3.8, 4) is 0 Å². The van der Waals surface area contributed by atoms with E-state index in [1.807, 2.05) is 4.90 Å². The van der Waals surface area contributed by atoms with Gasteiger partial charge in [-0.15, -0.1) is 0 Å². The molecule has 0 spiro atoms. The Labute approximate surface area is 133 Å². The fraction of sp³-hybridized carbons (Fsp3) is 0.500. The van der Waals surface area contributed by atoms with Crippen molar-refractivity contribution < 1.29 is 9.59 Å². The zero-order valence-corrected chi connectivity index (χ0v) is 13.1. The SMILES string of the molecule is O=C(NCCC(=O)N1CCCCC1)c1nc(Cl)ccc1Cl. The predicted molar refractivity (Wildman–Crippen MR) is 81.6 cm³/mol. The van der Waals surface area contributed by atoms with Crippen LogP contribution >= 0.6 is 23.2 Å². The van der Waals surface area contributed by atoms with Gasteiger partial charge in [-0.1, -0.05) is 23.2 Å². The second kappa shape index (κ2) is 7.61. The fourth-order valence-electron chi connectivity index (χ4n) is 2.25. The monoisotopic (exact) mass is 329 g/mol. The largest absolute Gasteiger partial charge is 0.350 e. The lowest BCUT2D eigenvalue weighted by atomic mass is 10.1. The van der Waals surface area contributed by atoms with Crippen LogP contribution in [0.5, 0.6) is 0 Å². The van der Waals surface area contributed by atoms with Crippen LogP contribution in [0.2, 0.25) is 10.2 Å². The lowest BCUT2D eigenvalue weighted by Gasteiger charge is -2.26. The normalized spacial score (nSPS) is 14.9. The molecule has 1 N–H and O–H groups in total. The van der Waals surface area contributed by atoms with Crippen molar-refractivity contribution in [1.29, 1.82) is 0 Å². The first-order valence-electron chi connectivity index (χ1n) is 6.96. The van der Waals surface area contributed by atoms with Crippen molar-refractivity contribution >= 4 is 35.0 Å². The molecule has 1 fully saturated rings. The van der Waals surface area contributed by atoms with E-state index in [9.17, 15) is 9.59 Å². The molecule has 1 aromatic rings. The number of hydrogen-bond acceptors (Lipinski definition) is 3. The molecule has 2 rings (SSSR count). The highest BCUT2D eigenvalue weighted by Gasteiger charge is 2.17. The van der Waals surface area contributed by atoms with Crippen LogP contribution in [-0.4, -0.2) is 41.3 Å². The molecule has 114 valence electrons. The number of nitrogens with zero attached hydrogens (tertiary/aromatic N) is 2. The average Bonchev–Trinajstić information content (AvgIpc) is 2.50. The summed E-state index contributed by atoms with van der Waals surface area (Å²) in [6, 6.07) is 3.03. The number of carbonyl (C=O) groups excluding carboxylic acids is 2. The summed E-state index contributed by atoms with van der Waals surface area (Å²) in [6.45, 7) is 1.89. The van der Waals surface area contributed by atoms with Gasteiger partial charge in [-0.25, -0.2) is 4.98 Å². The molecule has 1 aliphatic rings. The Morgan fingerprint density at radius 1 is 1.19 bits per heavy atom. The molecule has 0 radical (unpaired) electrons. The van der Waals surface area contributed by atoms with E-state index >= 15 is 0 Å². The van der Waals surface area contributed by atoms with Gasteiger partial charge in [-0.05, 0) is 31.4 Å². The smallest absolute Gasteiger partial charge is 0.271 e. The van der Waals surface area contributed by atoms with E-state index < -0.39 is 5.91 Å². The zero-order chi connectivity index (χ0) is 15.2. The van der Waals surface area contributed by atoms with E-state index in [4.69, 9.17) is 23.2 Å². The average molecular weight is 330 g/mol. The van der Waals surface area contributed by atoms with Crippen LogP contribution in [0.4, 0.5) is 0 Å². The molecule has 7 heteroatoms. The molecular formula is C14H17Cl2N3O2. The number of carbonyl (C=O) groups is 2. The summed E-state index contributed by atoms with van der Waals surface area (Å²) in [4.78, 5) is 29.6. The number of aromatic nitrogens is 1. The fourth-order valence-corrected chi connectivity index (χ4v) is 2.58. The summed E-state index contributed by atoms with van der Waals surface area (Å²) in [5.41, 5.74) is 0.0783. The van der Waals surface area contributed by atoms with E-state index in [1.165, 1.54) is 18.6 Å². The van der Waals surface area contributed by atoms with Gasteiger partial charge < -0.3 is 10.2 Å². The first-order chi connectivity index (χ1) is 10.1. The van der Waals surface area contributed by atoms with Crippen LogP contribution in [0.15, 0.2) is 12.1 Å². The van der Waals surface area contributed by atoms with Crippen LogP contribution in [0, 0.1) is 0 Å². The summed E-state index contributed by atoms with van der Waals surface area (Å²) in [5, 5.41) is 3.08. The van der Waals surface area contributed by atoms with Gasteiger partial charge in [-0.2, -0.15) is 0 Å². The summed E-state index contributed by atoms with van der Waals surface area (Å²) in [7, 11) is 0. The number of rotatable bonds is 4. The highest BCUT2D eigenvalue weighted by atomic mass is 35.5. The van der Waals surface area contributed by atoms with Gasteiger partial charge in [0.25, 0.3) is 5.91 Å². The Morgan fingerprint density at radius 3 is 2.62 bits per heavy atom. The minimum Gasteiger partial charge on any atom is -0.350 e. The molecule has 5 nitrogen and oxygen atoms in total. The number of piperidine rings is 1. The van der Waals surface area contributed by atoms with Crippen molar-refractivity contribution in [3.05, 3.63) is 28.0 Å². The van der Waals surface area contributed by atoms with Crippen molar-refractivity contribution in [2.24, 2.45) is 0 Å². The molecule has 1 aromatic heterocycles. The molecule has 0 bridgehead atoms. The first-order valence-corrected chi connectivity index (χ1v) is 7.71. The predicted octanol–water partition coefficient (Wildman–Crippen LogP) is 2.52. The molecule has 0 aliphatic carbocycles. The standard InChI is InChI=1S/C14H17Cl2N3O2/c15-10-4-5-11(16)18-13(10)14(21)17-7-6-12(20)19-8-2-1-3-9-19/h4-5H,1-3,6-9H2,(H,17,21). The van der Waals surface area contributed by atoms with Crippen molar-refractivity contribution in [2.75, 3.05) is 19.6 Å². The van der Waals surface area contributed by atoms with Crippen LogP contribution in [0.1, 0.15) is 36.2 Å². The zero-order valence-electron chi connectivity index (χ0n) is 11.6. The molecule has 1 saturated heterocycles. The lowest BCUT2D eigenvalue weighted by Crippen LogP contribution is -2.37. The third-order valence-corrected chi connectivity index (χ3v) is 3.88. The molecule has 0 unspecified atom stereocenters. The van der Waals surface area contributed by atoms with E-state index in [1.54, 1.807) is 0 Å². The van der Waals surface area contributed by atoms with Gasteiger partial charge >= 0.3 is 0 Å². The Bertz CT molecular complexity index is 531. The molecular weight excluding hydrogens is 313 g/mol. The quantitative estimate of drug-likeness (QED) is 0.863. The molecule has 2 heterocycles. The van der Waals surface area contributed by atoms with Crippen LogP contribution < -0.4 is 5.32 Å². The highest BCUT2D eigenvalue weighted by Crippen LogP contribution is 2.16. The lowest BCUT2D eigenvalue weighted by molar-refractivity contribution is -0.131. The molecule has 0 aromatic carbocycles. The van der Waals surface area contributed by atoms with Crippen molar-refractivity contribution in [3.63, 3.8) is 0 Å². The van der Waals surface area contributed by atoms with Crippen molar-refractivity contribution in [1.82, 2.24) is 15.2 Å². The molecule has 2 amide bonds. The van der Waals surface area contributed by atoms with Crippen LogP contribution in [0.3, 0.4) is 0 Å². The summed E-state index contributed by atoms with van der Waals surface area (Å²) < 4.78 is 0. The van der Waals surface area contributed by atoms with E-state index in [0.29, 0.717) is 0 Å². The van der Waals surface area contributed by atoms with Gasteiger partial charge in [0, 0.05) is 26.1 Å². The Hall–Kier alpha value is -1.33. The second-order valence-corrected chi connectivity index (χ2v) is 5.71. The van der Waals surface area contributed by atoms with Crippen LogP contribution in [-0.2, 0) is 4.79 Å². The summed E-state index contributed by atoms with van der Waals surface area (Å²) >= 11 is 11.6. The number of hydrogen-bond donors (Lipinski definition) is 1. The minimum atomic E-state index is -0.422. The number of likely N-dealkylation sites (tertiary alicyclic amines) is 1. The van der Waals surface area contributed by atoms with Gasteiger partial charge in [0.1, 0.15) is 10.8 Å². The van der Waals surface area contributed by atoms with E-state index in [2.05, 4.69) is 10.3 Å². The maximum atomic E-state index is 11.9. The van der Waals surface area contributed by atoms with E-state index in [-0.39, 0.29) is 34.7 Å². The Morgan fingerprint density at radius 2 is 1.90 bits per heavy atom. The number of nitrogens with one attached hydrogen (secondary N) is 1. The minimum absolute atomic E-state index is 0.0696. The van der Waals surface area contributed by atoms with Crippen molar-refractivity contribution in [2.45, 2.75) is 25.7 Å². The second-order valence-electron chi connectivity index (χ2n) is 4.91. The number of amides is 2. The van der Waals surface area contributed by atoms with Gasteiger partial charge in [0.15, 0.2) is 0 Å². The molecule has 21 heavy (non-hydrogen) atoms. The molecule has 0 atom stereocenters. The van der Waals surface area contributed by atoms with Gasteiger partial charge in [0.05, 0.1) is 5.02 Å². The maximum Gasteiger partial charge on any atom is 0.271 e. The van der Waals surface area contributed by atoms with E-state index in [0.717, 1.165) is 25.9 Å². The van der Waals surface area contributed by atoms with Gasteiger partial charge in [0.2, 0.25) is 5.91 Å². The van der Waals surface area contributed by atoms with Gasteiger partial charge in [-0.3, -0.25) is 9.59 Å². The third kappa shape index (κ3) is 4.58. The topological polar surface area (TPSA) is 62.3 Å². The highest BCUT2D eigenvalue weighted by molar-refractivity contribution is 6.34. The first kappa shape index (κ1) is 16.0. The molecule has 1 aliphatic heterocycles. The Kier molecular flexibility index (Phi) is 5.82. The maximum absolute atomic E-state index is 11.9. The summed E-state index contributed by atoms with van der Waals surface area (Å²) in [5.74, 6) is -0.353. The molecule has 0 saturated carbocycles. The Balaban J connectivity index is 1.81. The third-order valence-electron chi connectivity index (χ3n) is 3.36. The summed E-state index contributed by atoms with van der Waals surface area (Å²) in [6.07, 6.45) is 3.57. The number of pyridine rings is 1. The number of halogens is 2.